The van der Waals surface area contributed by atoms with Crippen LogP contribution in [0, 0.1) is 13.8 Å². The predicted octanol–water partition coefficient (Wildman–Crippen LogP) is 5.26. The van der Waals surface area contributed by atoms with Crippen LogP contribution in [0.1, 0.15) is 48.4 Å². The molecule has 0 atom stereocenters. The standard InChI is InChI=1S/C22H24N4O2S2/c1-4-17(27)23-15-6-5-7-16(10-15)24-18(28)11-29-21-19-12(2)13(3)30-22(19)26-20(25-21)14-8-9-14/h5-7,10,14H,4,8-9,11H2,1-3H3,(H,23,27)(H,24,28). The highest BCUT2D eigenvalue weighted by Gasteiger charge is 2.28. The molecule has 1 aliphatic rings. The number of rotatable bonds is 7. The first kappa shape index (κ1) is 20.8. The number of thiophene rings is 1. The number of carbonyl (C=O) groups is 2. The van der Waals surface area contributed by atoms with E-state index < -0.39 is 0 Å². The average molecular weight is 441 g/mol. The molecule has 1 fully saturated rings. The van der Waals surface area contributed by atoms with Gasteiger partial charge < -0.3 is 10.6 Å². The van der Waals surface area contributed by atoms with Gasteiger partial charge in [-0.05, 0) is 50.5 Å². The van der Waals surface area contributed by atoms with Gasteiger partial charge in [-0.25, -0.2) is 9.97 Å². The molecule has 0 bridgehead atoms. The van der Waals surface area contributed by atoms with E-state index in [1.54, 1.807) is 36.5 Å². The maximum Gasteiger partial charge on any atom is 0.234 e. The first-order chi connectivity index (χ1) is 14.4. The van der Waals surface area contributed by atoms with Gasteiger partial charge >= 0.3 is 0 Å². The van der Waals surface area contributed by atoms with Gasteiger partial charge in [0.25, 0.3) is 0 Å². The van der Waals surface area contributed by atoms with E-state index in [0.29, 0.717) is 23.7 Å². The summed E-state index contributed by atoms with van der Waals surface area (Å²) in [5.41, 5.74) is 2.52. The normalized spacial score (nSPS) is 13.4. The Hall–Kier alpha value is -2.45. The van der Waals surface area contributed by atoms with Gasteiger partial charge in [-0.15, -0.1) is 11.3 Å². The average Bonchev–Trinajstić information content (AvgIpc) is 3.53. The molecule has 6 nitrogen and oxygen atoms in total. The molecule has 0 radical (unpaired) electrons. The number of fused-ring (bicyclic) bond motifs is 1. The minimum Gasteiger partial charge on any atom is -0.326 e. The summed E-state index contributed by atoms with van der Waals surface area (Å²) >= 11 is 3.15. The van der Waals surface area contributed by atoms with Crippen molar-refractivity contribution in [3.63, 3.8) is 0 Å². The Labute approximate surface area is 183 Å². The van der Waals surface area contributed by atoms with Crippen molar-refractivity contribution in [1.82, 2.24) is 9.97 Å². The number of anilines is 2. The summed E-state index contributed by atoms with van der Waals surface area (Å²) < 4.78 is 0. The van der Waals surface area contributed by atoms with Crippen molar-refractivity contribution >= 4 is 56.5 Å². The van der Waals surface area contributed by atoms with E-state index in [0.717, 1.165) is 33.9 Å². The molecule has 156 valence electrons. The summed E-state index contributed by atoms with van der Waals surface area (Å²) in [4.78, 5) is 36.0. The van der Waals surface area contributed by atoms with E-state index in [1.807, 2.05) is 6.07 Å². The van der Waals surface area contributed by atoms with E-state index in [2.05, 4.69) is 24.5 Å². The molecule has 2 aromatic heterocycles. The Balaban J connectivity index is 1.47. The van der Waals surface area contributed by atoms with Crippen molar-refractivity contribution in [3.8, 4) is 0 Å². The summed E-state index contributed by atoms with van der Waals surface area (Å²) in [5.74, 6) is 1.46. The van der Waals surface area contributed by atoms with Crippen LogP contribution in [0.2, 0.25) is 0 Å². The zero-order valence-electron chi connectivity index (χ0n) is 17.2. The number of nitrogens with one attached hydrogen (secondary N) is 2. The Morgan fingerprint density at radius 2 is 1.83 bits per heavy atom. The molecule has 1 aromatic carbocycles. The second kappa shape index (κ2) is 8.73. The molecular weight excluding hydrogens is 416 g/mol. The number of aryl methyl sites for hydroxylation is 2. The predicted molar refractivity (Wildman–Crippen MR) is 124 cm³/mol. The Bertz CT molecular complexity index is 1120. The number of aromatic nitrogens is 2. The number of thioether (sulfide) groups is 1. The Morgan fingerprint density at radius 1 is 1.13 bits per heavy atom. The van der Waals surface area contributed by atoms with Crippen LogP contribution in [0.25, 0.3) is 10.2 Å². The van der Waals surface area contributed by atoms with Crippen LogP contribution >= 0.6 is 23.1 Å². The first-order valence-corrected chi connectivity index (χ1v) is 11.8. The van der Waals surface area contributed by atoms with Crippen molar-refractivity contribution in [2.45, 2.75) is 51.0 Å². The molecule has 0 unspecified atom stereocenters. The third kappa shape index (κ3) is 4.65. The molecule has 0 saturated heterocycles. The van der Waals surface area contributed by atoms with E-state index in [-0.39, 0.29) is 17.6 Å². The number of amides is 2. The zero-order chi connectivity index (χ0) is 21.3. The number of hydrogen-bond donors (Lipinski definition) is 2. The lowest BCUT2D eigenvalue weighted by atomic mass is 10.2. The highest BCUT2D eigenvalue weighted by molar-refractivity contribution is 8.00. The SMILES string of the molecule is CCC(=O)Nc1cccc(NC(=O)CSc2nc(C3CC3)nc3sc(C)c(C)c23)c1. The lowest BCUT2D eigenvalue weighted by Crippen LogP contribution is -2.15. The molecule has 2 amide bonds. The van der Waals surface area contributed by atoms with E-state index in [9.17, 15) is 9.59 Å². The number of nitrogens with zero attached hydrogens (tertiary/aromatic N) is 2. The molecule has 0 spiro atoms. The molecule has 3 aromatic rings. The summed E-state index contributed by atoms with van der Waals surface area (Å²) in [6.07, 6.45) is 2.69. The molecule has 0 aliphatic heterocycles. The van der Waals surface area contributed by atoms with Gasteiger partial charge in [0, 0.05) is 34.0 Å². The fourth-order valence-corrected chi connectivity index (χ4v) is 5.11. The van der Waals surface area contributed by atoms with Crippen LogP contribution < -0.4 is 10.6 Å². The van der Waals surface area contributed by atoms with E-state index in [1.165, 1.54) is 22.2 Å². The van der Waals surface area contributed by atoms with Crippen molar-refractivity contribution in [2.24, 2.45) is 0 Å². The third-order valence-corrected chi connectivity index (χ3v) is 7.12. The largest absolute Gasteiger partial charge is 0.326 e. The third-order valence-electron chi connectivity index (χ3n) is 5.05. The zero-order valence-corrected chi connectivity index (χ0v) is 18.9. The smallest absolute Gasteiger partial charge is 0.234 e. The molecule has 2 N–H and O–H groups in total. The minimum absolute atomic E-state index is 0.0605. The van der Waals surface area contributed by atoms with Crippen LogP contribution in [0.3, 0.4) is 0 Å². The maximum absolute atomic E-state index is 12.6. The number of hydrogen-bond acceptors (Lipinski definition) is 6. The van der Waals surface area contributed by atoms with Gasteiger partial charge in [0.05, 0.1) is 5.75 Å². The van der Waals surface area contributed by atoms with Gasteiger partial charge in [-0.1, -0.05) is 24.8 Å². The van der Waals surface area contributed by atoms with Crippen LogP contribution in [0.15, 0.2) is 29.3 Å². The fraction of sp³-hybridized carbons (Fsp3) is 0.364. The monoisotopic (exact) mass is 440 g/mol. The molecular formula is C22H24N4O2S2. The van der Waals surface area contributed by atoms with Crippen molar-refractivity contribution in [3.05, 3.63) is 40.5 Å². The fourth-order valence-electron chi connectivity index (χ4n) is 3.11. The number of benzene rings is 1. The quantitative estimate of drug-likeness (QED) is 0.386. The number of carbonyl (C=O) groups excluding carboxylic acids is 2. The highest BCUT2D eigenvalue weighted by atomic mass is 32.2. The lowest BCUT2D eigenvalue weighted by molar-refractivity contribution is -0.116. The molecule has 4 rings (SSSR count). The van der Waals surface area contributed by atoms with Crippen LogP contribution in [-0.2, 0) is 9.59 Å². The summed E-state index contributed by atoms with van der Waals surface area (Å²) in [7, 11) is 0. The lowest BCUT2D eigenvalue weighted by Gasteiger charge is -2.09. The van der Waals surface area contributed by atoms with Gasteiger partial charge in [0.15, 0.2) is 0 Å². The van der Waals surface area contributed by atoms with E-state index in [4.69, 9.17) is 9.97 Å². The maximum atomic E-state index is 12.6. The summed E-state index contributed by atoms with van der Waals surface area (Å²) in [6, 6.07) is 7.18. The van der Waals surface area contributed by atoms with Gasteiger partial charge in [-0.3, -0.25) is 9.59 Å². The van der Waals surface area contributed by atoms with Crippen molar-refractivity contribution < 1.29 is 9.59 Å². The first-order valence-electron chi connectivity index (χ1n) is 10.0. The Kier molecular flexibility index (Phi) is 6.06. The van der Waals surface area contributed by atoms with Gasteiger partial charge in [0.1, 0.15) is 15.7 Å². The summed E-state index contributed by atoms with van der Waals surface area (Å²) in [5, 5.41) is 7.68. The van der Waals surface area contributed by atoms with Crippen molar-refractivity contribution in [1.29, 1.82) is 0 Å². The second-order valence-corrected chi connectivity index (χ2v) is 9.61. The van der Waals surface area contributed by atoms with Gasteiger partial charge in [-0.2, -0.15) is 0 Å². The summed E-state index contributed by atoms with van der Waals surface area (Å²) in [6.45, 7) is 5.99. The molecule has 1 aliphatic carbocycles. The molecule has 1 saturated carbocycles. The van der Waals surface area contributed by atoms with Gasteiger partial charge in [0.2, 0.25) is 11.8 Å². The van der Waals surface area contributed by atoms with Crippen LogP contribution in [0.5, 0.6) is 0 Å². The molecule has 30 heavy (non-hydrogen) atoms. The topological polar surface area (TPSA) is 84.0 Å². The molecule has 8 heteroatoms. The van der Waals surface area contributed by atoms with Crippen LogP contribution in [-0.4, -0.2) is 27.5 Å². The Morgan fingerprint density at radius 3 is 2.50 bits per heavy atom. The van der Waals surface area contributed by atoms with Crippen molar-refractivity contribution in [2.75, 3.05) is 16.4 Å². The minimum atomic E-state index is -0.108. The highest BCUT2D eigenvalue weighted by Crippen LogP contribution is 2.42. The molecule has 2 heterocycles. The second-order valence-electron chi connectivity index (χ2n) is 7.44. The van der Waals surface area contributed by atoms with E-state index >= 15 is 0 Å². The van der Waals surface area contributed by atoms with Crippen LogP contribution in [0.4, 0.5) is 11.4 Å².